The minimum absolute atomic E-state index is 0.281. The molecule has 0 aliphatic rings. The monoisotopic (exact) mass is 323 g/mol. The van der Waals surface area contributed by atoms with E-state index in [4.69, 9.17) is 4.52 Å². The smallest absolute Gasteiger partial charge is 0.277 e. The predicted molar refractivity (Wildman–Crippen MR) is 88.1 cm³/mol. The number of halogens is 1. The molecular weight excluding hydrogens is 309 g/mol. The van der Waals surface area contributed by atoms with Gasteiger partial charge in [-0.3, -0.25) is 4.79 Å². The first-order valence-electron chi connectivity index (χ1n) is 7.26. The Morgan fingerprint density at radius 2 is 1.88 bits per heavy atom. The zero-order valence-corrected chi connectivity index (χ0v) is 12.9. The lowest BCUT2D eigenvalue weighted by Crippen LogP contribution is -2.19. The predicted octanol–water partition coefficient (Wildman–Crippen LogP) is 3.55. The highest BCUT2D eigenvalue weighted by molar-refractivity contribution is 6.01. The number of amides is 1. The molecule has 5 nitrogen and oxygen atoms in total. The van der Waals surface area contributed by atoms with Crippen molar-refractivity contribution in [3.05, 3.63) is 77.3 Å². The summed E-state index contributed by atoms with van der Waals surface area (Å²) in [6, 6.07) is 15.4. The van der Waals surface area contributed by atoms with Crippen LogP contribution in [0.4, 0.5) is 4.39 Å². The molecule has 1 N–H and O–H groups in total. The van der Waals surface area contributed by atoms with Crippen LogP contribution >= 0.6 is 0 Å². The Hall–Kier alpha value is -3.28. The molecule has 6 heteroatoms. The van der Waals surface area contributed by atoms with Crippen LogP contribution in [0, 0.1) is 12.7 Å². The maximum atomic E-state index is 13.5. The molecule has 0 saturated carbocycles. The number of hydrazone groups is 1. The topological polar surface area (TPSA) is 67.5 Å². The van der Waals surface area contributed by atoms with Crippen molar-refractivity contribution >= 4 is 12.1 Å². The molecule has 1 aromatic heterocycles. The standard InChI is InChI=1S/C18H14FN3O2/c1-12-16(17(22-24-12)13-7-3-2-4-8-13)18(23)21-20-11-14-9-5-6-10-15(14)19/h2-11H,1H3,(H,21,23)/b20-11+. The van der Waals surface area contributed by atoms with Crippen LogP contribution in [0.1, 0.15) is 21.7 Å². The molecule has 0 fully saturated rings. The summed E-state index contributed by atoms with van der Waals surface area (Å²) in [6.45, 7) is 1.65. The minimum Gasteiger partial charge on any atom is -0.360 e. The quantitative estimate of drug-likeness (QED) is 0.590. The summed E-state index contributed by atoms with van der Waals surface area (Å²) < 4.78 is 18.6. The summed E-state index contributed by atoms with van der Waals surface area (Å²) in [5.74, 6) is -0.505. The fourth-order valence-corrected chi connectivity index (χ4v) is 2.23. The van der Waals surface area contributed by atoms with E-state index in [1.165, 1.54) is 12.3 Å². The second-order valence-electron chi connectivity index (χ2n) is 5.05. The molecule has 2 aromatic carbocycles. The van der Waals surface area contributed by atoms with Crippen LogP contribution in [0.25, 0.3) is 11.3 Å². The van der Waals surface area contributed by atoms with Crippen LogP contribution in [-0.2, 0) is 0 Å². The van der Waals surface area contributed by atoms with Crippen molar-refractivity contribution in [2.45, 2.75) is 6.92 Å². The van der Waals surface area contributed by atoms with Crippen LogP contribution in [0.2, 0.25) is 0 Å². The zero-order valence-electron chi connectivity index (χ0n) is 12.9. The normalized spacial score (nSPS) is 10.9. The molecule has 0 radical (unpaired) electrons. The third-order valence-corrected chi connectivity index (χ3v) is 3.41. The first-order chi connectivity index (χ1) is 11.7. The van der Waals surface area contributed by atoms with E-state index < -0.39 is 11.7 Å². The molecule has 1 amide bonds. The van der Waals surface area contributed by atoms with Gasteiger partial charge in [-0.15, -0.1) is 0 Å². The van der Waals surface area contributed by atoms with Gasteiger partial charge in [0.1, 0.15) is 22.8 Å². The molecule has 0 aliphatic heterocycles. The molecule has 0 saturated heterocycles. The highest BCUT2D eigenvalue weighted by Gasteiger charge is 2.21. The SMILES string of the molecule is Cc1onc(-c2ccccc2)c1C(=O)N/N=C/c1ccccc1F. The second kappa shape index (κ2) is 6.87. The van der Waals surface area contributed by atoms with Crippen LogP contribution in [0.15, 0.2) is 64.2 Å². The second-order valence-corrected chi connectivity index (χ2v) is 5.05. The number of aromatic nitrogens is 1. The van der Waals surface area contributed by atoms with Crippen LogP contribution < -0.4 is 5.43 Å². The molecule has 0 bridgehead atoms. The molecule has 3 aromatic rings. The zero-order chi connectivity index (χ0) is 16.9. The van der Waals surface area contributed by atoms with Crippen LogP contribution in [0.3, 0.4) is 0 Å². The maximum absolute atomic E-state index is 13.5. The number of aryl methyl sites for hydroxylation is 1. The number of hydrogen-bond donors (Lipinski definition) is 1. The van der Waals surface area contributed by atoms with E-state index in [9.17, 15) is 9.18 Å². The van der Waals surface area contributed by atoms with Crippen molar-refractivity contribution in [1.82, 2.24) is 10.6 Å². The number of benzene rings is 2. The van der Waals surface area contributed by atoms with Gasteiger partial charge in [0.25, 0.3) is 5.91 Å². The number of carbonyl (C=O) groups is 1. The van der Waals surface area contributed by atoms with Crippen molar-refractivity contribution < 1.29 is 13.7 Å². The Labute approximate surface area is 137 Å². The molecule has 3 rings (SSSR count). The summed E-state index contributed by atoms with van der Waals surface area (Å²) in [5.41, 5.74) is 4.15. The van der Waals surface area contributed by atoms with E-state index >= 15 is 0 Å². The molecule has 24 heavy (non-hydrogen) atoms. The van der Waals surface area contributed by atoms with E-state index in [1.807, 2.05) is 30.3 Å². The summed E-state index contributed by atoms with van der Waals surface area (Å²) >= 11 is 0. The minimum atomic E-state index is -0.472. The third-order valence-electron chi connectivity index (χ3n) is 3.41. The maximum Gasteiger partial charge on any atom is 0.277 e. The Morgan fingerprint density at radius 3 is 2.62 bits per heavy atom. The Morgan fingerprint density at radius 1 is 1.17 bits per heavy atom. The molecule has 0 spiro atoms. The van der Waals surface area contributed by atoms with Gasteiger partial charge in [-0.2, -0.15) is 5.10 Å². The van der Waals surface area contributed by atoms with Crippen molar-refractivity contribution in [2.24, 2.45) is 5.10 Å². The Bertz CT molecular complexity index is 888. The van der Waals surface area contributed by atoms with Crippen molar-refractivity contribution in [1.29, 1.82) is 0 Å². The fourth-order valence-electron chi connectivity index (χ4n) is 2.23. The van der Waals surface area contributed by atoms with Gasteiger partial charge in [-0.25, -0.2) is 9.82 Å². The number of rotatable bonds is 4. The molecule has 0 unspecified atom stereocenters. The van der Waals surface area contributed by atoms with Gasteiger partial charge in [0.2, 0.25) is 0 Å². The Kier molecular flexibility index (Phi) is 4.47. The lowest BCUT2D eigenvalue weighted by Gasteiger charge is -2.01. The number of nitrogens with zero attached hydrogens (tertiary/aromatic N) is 2. The Balaban J connectivity index is 1.81. The lowest BCUT2D eigenvalue weighted by atomic mass is 10.1. The fraction of sp³-hybridized carbons (Fsp3) is 0.0556. The molecular formula is C18H14FN3O2. The first kappa shape index (κ1) is 15.6. The summed E-state index contributed by atoms with van der Waals surface area (Å²) in [6.07, 6.45) is 1.25. The average molecular weight is 323 g/mol. The van der Waals surface area contributed by atoms with E-state index in [2.05, 4.69) is 15.7 Å². The van der Waals surface area contributed by atoms with Gasteiger partial charge in [-0.05, 0) is 13.0 Å². The van der Waals surface area contributed by atoms with Crippen LogP contribution in [-0.4, -0.2) is 17.3 Å². The average Bonchev–Trinajstić information content (AvgIpc) is 2.99. The summed E-state index contributed by atoms with van der Waals surface area (Å²) in [4.78, 5) is 12.4. The summed E-state index contributed by atoms with van der Waals surface area (Å²) in [7, 11) is 0. The molecule has 1 heterocycles. The van der Waals surface area contributed by atoms with Gasteiger partial charge in [0, 0.05) is 11.1 Å². The van der Waals surface area contributed by atoms with Gasteiger partial charge < -0.3 is 4.52 Å². The van der Waals surface area contributed by atoms with E-state index in [-0.39, 0.29) is 5.56 Å². The highest BCUT2D eigenvalue weighted by atomic mass is 19.1. The molecule has 0 aliphatic carbocycles. The lowest BCUT2D eigenvalue weighted by molar-refractivity contribution is 0.0954. The van der Waals surface area contributed by atoms with Gasteiger partial charge >= 0.3 is 0 Å². The van der Waals surface area contributed by atoms with Crippen molar-refractivity contribution in [3.8, 4) is 11.3 Å². The van der Waals surface area contributed by atoms with Gasteiger partial charge in [0.15, 0.2) is 0 Å². The van der Waals surface area contributed by atoms with E-state index in [0.717, 1.165) is 5.56 Å². The highest BCUT2D eigenvalue weighted by Crippen LogP contribution is 2.24. The van der Waals surface area contributed by atoms with Gasteiger partial charge in [0.05, 0.1) is 6.21 Å². The summed E-state index contributed by atoms with van der Waals surface area (Å²) in [5, 5.41) is 7.74. The molecule has 120 valence electrons. The third kappa shape index (κ3) is 3.22. The van der Waals surface area contributed by atoms with E-state index in [0.29, 0.717) is 17.0 Å². The van der Waals surface area contributed by atoms with E-state index in [1.54, 1.807) is 25.1 Å². The van der Waals surface area contributed by atoms with Crippen molar-refractivity contribution in [3.63, 3.8) is 0 Å². The van der Waals surface area contributed by atoms with Crippen LogP contribution in [0.5, 0.6) is 0 Å². The number of nitrogens with one attached hydrogen (secondary N) is 1. The number of hydrogen-bond acceptors (Lipinski definition) is 4. The van der Waals surface area contributed by atoms with Gasteiger partial charge in [-0.1, -0.05) is 53.7 Å². The first-order valence-corrected chi connectivity index (χ1v) is 7.26. The molecule has 0 atom stereocenters. The largest absolute Gasteiger partial charge is 0.360 e. The number of carbonyl (C=O) groups excluding carboxylic acids is 1. The van der Waals surface area contributed by atoms with Crippen molar-refractivity contribution in [2.75, 3.05) is 0 Å².